The number of rotatable bonds is 3. The SMILES string of the molecule is C=C(C)CCC1=CC(N)CNC1. The molecule has 68 valence electrons. The van der Waals surface area contributed by atoms with Gasteiger partial charge in [0.2, 0.25) is 0 Å². The highest BCUT2D eigenvalue weighted by atomic mass is 14.9. The third kappa shape index (κ3) is 3.20. The smallest absolute Gasteiger partial charge is 0.0354 e. The van der Waals surface area contributed by atoms with E-state index >= 15 is 0 Å². The Hall–Kier alpha value is -0.600. The van der Waals surface area contributed by atoms with E-state index < -0.39 is 0 Å². The van der Waals surface area contributed by atoms with Crippen LogP contribution in [0.4, 0.5) is 0 Å². The van der Waals surface area contributed by atoms with Gasteiger partial charge in [0.25, 0.3) is 0 Å². The van der Waals surface area contributed by atoms with Crippen molar-refractivity contribution < 1.29 is 0 Å². The highest BCUT2D eigenvalue weighted by Crippen LogP contribution is 2.11. The first kappa shape index (κ1) is 9.49. The Balaban J connectivity index is 2.35. The summed E-state index contributed by atoms with van der Waals surface area (Å²) in [4.78, 5) is 0. The lowest BCUT2D eigenvalue weighted by molar-refractivity contribution is 0.618. The van der Waals surface area contributed by atoms with Gasteiger partial charge < -0.3 is 11.1 Å². The number of hydrogen-bond acceptors (Lipinski definition) is 2. The van der Waals surface area contributed by atoms with Crippen molar-refractivity contribution in [1.29, 1.82) is 0 Å². The zero-order valence-corrected chi connectivity index (χ0v) is 7.77. The second kappa shape index (κ2) is 4.43. The van der Waals surface area contributed by atoms with Crippen LogP contribution in [0, 0.1) is 0 Å². The monoisotopic (exact) mass is 166 g/mol. The second-order valence-electron chi connectivity index (χ2n) is 3.58. The van der Waals surface area contributed by atoms with E-state index in [-0.39, 0.29) is 6.04 Å². The van der Waals surface area contributed by atoms with Crippen molar-refractivity contribution in [2.45, 2.75) is 25.8 Å². The van der Waals surface area contributed by atoms with E-state index in [2.05, 4.69) is 24.9 Å². The lowest BCUT2D eigenvalue weighted by Crippen LogP contribution is -2.37. The molecule has 0 aliphatic carbocycles. The van der Waals surface area contributed by atoms with Crippen molar-refractivity contribution in [3.05, 3.63) is 23.8 Å². The van der Waals surface area contributed by atoms with Crippen LogP contribution in [0.3, 0.4) is 0 Å². The quantitative estimate of drug-likeness (QED) is 0.618. The molecule has 1 atom stereocenters. The van der Waals surface area contributed by atoms with Gasteiger partial charge in [-0.05, 0) is 19.8 Å². The molecular weight excluding hydrogens is 148 g/mol. The van der Waals surface area contributed by atoms with Gasteiger partial charge in [0.1, 0.15) is 0 Å². The summed E-state index contributed by atoms with van der Waals surface area (Å²) in [5.41, 5.74) is 8.44. The van der Waals surface area contributed by atoms with Crippen molar-refractivity contribution in [3.8, 4) is 0 Å². The van der Waals surface area contributed by atoms with Crippen LogP contribution in [-0.4, -0.2) is 19.1 Å². The fourth-order valence-corrected chi connectivity index (χ4v) is 1.37. The van der Waals surface area contributed by atoms with Crippen molar-refractivity contribution in [2.75, 3.05) is 13.1 Å². The van der Waals surface area contributed by atoms with E-state index in [0.29, 0.717) is 0 Å². The van der Waals surface area contributed by atoms with Crippen molar-refractivity contribution >= 4 is 0 Å². The standard InChI is InChI=1S/C10H18N2/c1-8(2)3-4-9-5-10(11)7-12-6-9/h5,10,12H,1,3-4,6-7,11H2,2H3. The topological polar surface area (TPSA) is 38.0 Å². The number of nitrogens with two attached hydrogens (primary N) is 1. The van der Waals surface area contributed by atoms with Gasteiger partial charge in [-0.15, -0.1) is 6.58 Å². The van der Waals surface area contributed by atoms with Gasteiger partial charge in [0.05, 0.1) is 0 Å². The van der Waals surface area contributed by atoms with Gasteiger partial charge in [0, 0.05) is 19.1 Å². The predicted molar refractivity (Wildman–Crippen MR) is 53.0 cm³/mol. The van der Waals surface area contributed by atoms with Gasteiger partial charge in [-0.3, -0.25) is 0 Å². The van der Waals surface area contributed by atoms with Crippen LogP contribution in [0.5, 0.6) is 0 Å². The molecule has 2 nitrogen and oxygen atoms in total. The minimum atomic E-state index is 0.207. The molecule has 0 fully saturated rings. The average Bonchev–Trinajstić information content (AvgIpc) is 2.01. The summed E-state index contributed by atoms with van der Waals surface area (Å²) in [6.45, 7) is 7.86. The van der Waals surface area contributed by atoms with E-state index in [1.807, 2.05) is 0 Å². The van der Waals surface area contributed by atoms with E-state index in [1.54, 1.807) is 0 Å². The maximum absolute atomic E-state index is 5.77. The number of nitrogens with one attached hydrogen (secondary N) is 1. The van der Waals surface area contributed by atoms with Crippen LogP contribution in [0.15, 0.2) is 23.8 Å². The largest absolute Gasteiger partial charge is 0.323 e. The Labute approximate surface area is 74.5 Å². The summed E-state index contributed by atoms with van der Waals surface area (Å²) in [7, 11) is 0. The van der Waals surface area contributed by atoms with Crippen LogP contribution in [0.2, 0.25) is 0 Å². The summed E-state index contributed by atoms with van der Waals surface area (Å²) >= 11 is 0. The molecule has 1 unspecified atom stereocenters. The maximum atomic E-state index is 5.77. The molecule has 0 aromatic rings. The highest BCUT2D eigenvalue weighted by molar-refractivity contribution is 5.13. The Morgan fingerprint density at radius 3 is 3.17 bits per heavy atom. The van der Waals surface area contributed by atoms with E-state index in [1.165, 1.54) is 11.1 Å². The van der Waals surface area contributed by atoms with E-state index in [9.17, 15) is 0 Å². The molecule has 1 rings (SSSR count). The Morgan fingerprint density at radius 2 is 2.58 bits per heavy atom. The summed E-state index contributed by atoms with van der Waals surface area (Å²) < 4.78 is 0. The molecule has 0 amide bonds. The van der Waals surface area contributed by atoms with E-state index in [4.69, 9.17) is 5.73 Å². The molecule has 1 aliphatic heterocycles. The first-order valence-corrected chi connectivity index (χ1v) is 4.48. The summed E-state index contributed by atoms with van der Waals surface area (Å²) in [6, 6.07) is 0.207. The molecule has 0 aromatic carbocycles. The zero-order chi connectivity index (χ0) is 8.97. The number of hydrogen-bond donors (Lipinski definition) is 2. The third-order valence-electron chi connectivity index (χ3n) is 2.05. The molecule has 2 heteroatoms. The Kier molecular flexibility index (Phi) is 3.50. The summed E-state index contributed by atoms with van der Waals surface area (Å²) in [5.74, 6) is 0. The van der Waals surface area contributed by atoms with Crippen LogP contribution >= 0.6 is 0 Å². The zero-order valence-electron chi connectivity index (χ0n) is 7.77. The van der Waals surface area contributed by atoms with Gasteiger partial charge in [-0.2, -0.15) is 0 Å². The van der Waals surface area contributed by atoms with Crippen molar-refractivity contribution in [1.82, 2.24) is 5.32 Å². The van der Waals surface area contributed by atoms with Gasteiger partial charge in [-0.1, -0.05) is 17.2 Å². The fraction of sp³-hybridized carbons (Fsp3) is 0.600. The van der Waals surface area contributed by atoms with Crippen LogP contribution in [0.25, 0.3) is 0 Å². The average molecular weight is 166 g/mol. The molecule has 1 heterocycles. The van der Waals surface area contributed by atoms with Gasteiger partial charge >= 0.3 is 0 Å². The molecule has 0 saturated carbocycles. The molecule has 0 spiro atoms. The molecule has 0 saturated heterocycles. The molecule has 12 heavy (non-hydrogen) atoms. The maximum Gasteiger partial charge on any atom is 0.0354 e. The van der Waals surface area contributed by atoms with Gasteiger partial charge in [-0.25, -0.2) is 0 Å². The molecule has 1 aliphatic rings. The molecule has 0 radical (unpaired) electrons. The molecule has 0 bridgehead atoms. The Bertz CT molecular complexity index is 194. The lowest BCUT2D eigenvalue weighted by atomic mass is 10.0. The third-order valence-corrected chi connectivity index (χ3v) is 2.05. The first-order valence-electron chi connectivity index (χ1n) is 4.48. The normalized spacial score (nSPS) is 23.5. The predicted octanol–water partition coefficient (Wildman–Crippen LogP) is 1.20. The molecule has 0 aromatic heterocycles. The molecular formula is C10H18N2. The first-order chi connectivity index (χ1) is 5.68. The van der Waals surface area contributed by atoms with Crippen molar-refractivity contribution in [3.63, 3.8) is 0 Å². The van der Waals surface area contributed by atoms with Crippen LogP contribution < -0.4 is 11.1 Å². The highest BCUT2D eigenvalue weighted by Gasteiger charge is 2.07. The van der Waals surface area contributed by atoms with Crippen LogP contribution in [-0.2, 0) is 0 Å². The minimum absolute atomic E-state index is 0.207. The Morgan fingerprint density at radius 1 is 1.83 bits per heavy atom. The van der Waals surface area contributed by atoms with E-state index in [0.717, 1.165) is 25.9 Å². The lowest BCUT2D eigenvalue weighted by Gasteiger charge is -2.19. The fourth-order valence-electron chi connectivity index (χ4n) is 1.37. The van der Waals surface area contributed by atoms with Crippen molar-refractivity contribution in [2.24, 2.45) is 5.73 Å². The summed E-state index contributed by atoms with van der Waals surface area (Å²) in [5, 5.41) is 3.29. The summed E-state index contributed by atoms with van der Waals surface area (Å²) in [6.07, 6.45) is 4.37. The second-order valence-corrected chi connectivity index (χ2v) is 3.58. The number of allylic oxidation sites excluding steroid dienone is 1. The molecule has 3 N–H and O–H groups in total. The van der Waals surface area contributed by atoms with Gasteiger partial charge in [0.15, 0.2) is 0 Å². The van der Waals surface area contributed by atoms with Crippen LogP contribution in [0.1, 0.15) is 19.8 Å². The minimum Gasteiger partial charge on any atom is -0.323 e.